The summed E-state index contributed by atoms with van der Waals surface area (Å²) in [6.45, 7) is 4.17. The molecule has 0 aliphatic carbocycles. The second-order valence-corrected chi connectivity index (χ2v) is 5.50. The molecule has 2 N–H and O–H groups in total. The van der Waals surface area contributed by atoms with E-state index in [1.165, 1.54) is 35.4 Å². The highest BCUT2D eigenvalue weighted by Gasteiger charge is 2.04. The Balaban J connectivity index is 0.000000207. The Bertz CT molecular complexity index is 724. The molecule has 0 aromatic heterocycles. The van der Waals surface area contributed by atoms with Crippen molar-refractivity contribution in [2.24, 2.45) is 0 Å². The van der Waals surface area contributed by atoms with Crippen molar-refractivity contribution in [1.82, 2.24) is 0 Å². The van der Waals surface area contributed by atoms with Gasteiger partial charge in [-0.2, -0.15) is 0 Å². The van der Waals surface area contributed by atoms with Gasteiger partial charge in [0.15, 0.2) is 0 Å². The first-order valence-corrected chi connectivity index (χ1v) is 8.00. The molecule has 0 aliphatic rings. The summed E-state index contributed by atoms with van der Waals surface area (Å²) in [5.41, 5.74) is 2.81. The summed E-state index contributed by atoms with van der Waals surface area (Å²) < 4.78 is 0. The molecule has 0 amide bonds. The zero-order valence-corrected chi connectivity index (χ0v) is 14.8. The molecule has 3 aromatic carbocycles. The molecule has 4 nitrogen and oxygen atoms in total. The van der Waals surface area contributed by atoms with Gasteiger partial charge in [0.1, 0.15) is 0 Å². The zero-order chi connectivity index (χ0) is 19.4. The number of carbonyl (C=O) groups is 2. The van der Waals surface area contributed by atoms with Crippen LogP contribution in [0.25, 0.3) is 0 Å². The van der Waals surface area contributed by atoms with E-state index in [2.05, 4.69) is 38.1 Å². The Morgan fingerprint density at radius 3 is 0.962 bits per heavy atom. The van der Waals surface area contributed by atoms with Crippen LogP contribution in [0.1, 0.15) is 31.8 Å². The normalized spacial score (nSPS) is 9.00. The SMILES string of the molecule is Cc1ccccc1.Cc1ccccc1.O=C(O)c1ccc(C(=O)O)cc1. The third-order valence-electron chi connectivity index (χ3n) is 3.26. The van der Waals surface area contributed by atoms with Crippen molar-refractivity contribution in [3.8, 4) is 0 Å². The Morgan fingerprint density at radius 1 is 0.538 bits per heavy atom. The molecular formula is C22H22O4. The maximum atomic E-state index is 10.3. The minimum absolute atomic E-state index is 0.0833. The molecule has 4 heteroatoms. The third kappa shape index (κ3) is 8.45. The summed E-state index contributed by atoms with van der Waals surface area (Å²) in [5.74, 6) is -2.13. The second-order valence-electron chi connectivity index (χ2n) is 5.50. The fraction of sp³-hybridized carbons (Fsp3) is 0.0909. The maximum absolute atomic E-state index is 10.3. The quantitative estimate of drug-likeness (QED) is 0.676. The van der Waals surface area contributed by atoms with E-state index >= 15 is 0 Å². The van der Waals surface area contributed by atoms with Gasteiger partial charge in [-0.05, 0) is 38.1 Å². The summed E-state index contributed by atoms with van der Waals surface area (Å²) in [6, 6.07) is 25.5. The Hall–Kier alpha value is -3.40. The summed E-state index contributed by atoms with van der Waals surface area (Å²) in [4.78, 5) is 20.7. The van der Waals surface area contributed by atoms with Crippen LogP contribution in [0, 0.1) is 13.8 Å². The molecule has 0 aliphatic heterocycles. The summed E-state index contributed by atoms with van der Waals surface area (Å²) in [7, 11) is 0. The number of aromatic carboxylic acids is 2. The number of aryl methyl sites for hydroxylation is 2. The molecule has 0 atom stereocenters. The van der Waals surface area contributed by atoms with Crippen molar-refractivity contribution in [2.45, 2.75) is 13.8 Å². The smallest absolute Gasteiger partial charge is 0.335 e. The Labute approximate surface area is 153 Å². The summed E-state index contributed by atoms with van der Waals surface area (Å²) >= 11 is 0. The molecule has 0 saturated heterocycles. The Kier molecular flexibility index (Phi) is 8.90. The van der Waals surface area contributed by atoms with Crippen LogP contribution in [0.15, 0.2) is 84.9 Å². The van der Waals surface area contributed by atoms with Crippen molar-refractivity contribution in [2.75, 3.05) is 0 Å². The molecule has 0 spiro atoms. The number of hydrogen-bond donors (Lipinski definition) is 2. The average molecular weight is 350 g/mol. The molecule has 0 radical (unpaired) electrons. The van der Waals surface area contributed by atoms with E-state index in [0.717, 1.165) is 0 Å². The number of carboxylic acids is 2. The molecule has 0 unspecified atom stereocenters. The van der Waals surface area contributed by atoms with Crippen LogP contribution in [0.3, 0.4) is 0 Å². The first-order valence-electron chi connectivity index (χ1n) is 8.00. The summed E-state index contributed by atoms with van der Waals surface area (Å²) in [5, 5.41) is 16.9. The molecule has 3 aromatic rings. The number of benzene rings is 3. The van der Waals surface area contributed by atoms with E-state index in [0.29, 0.717) is 0 Å². The minimum atomic E-state index is -1.06. The van der Waals surface area contributed by atoms with Crippen LogP contribution >= 0.6 is 0 Å². The second kappa shape index (κ2) is 11.2. The molecule has 134 valence electrons. The van der Waals surface area contributed by atoms with Gasteiger partial charge in [-0.25, -0.2) is 9.59 Å². The highest BCUT2D eigenvalue weighted by molar-refractivity contribution is 5.91. The van der Waals surface area contributed by atoms with E-state index in [4.69, 9.17) is 10.2 Å². The third-order valence-corrected chi connectivity index (χ3v) is 3.26. The lowest BCUT2D eigenvalue weighted by Crippen LogP contribution is -1.99. The van der Waals surface area contributed by atoms with Gasteiger partial charge in [0.05, 0.1) is 11.1 Å². The highest BCUT2D eigenvalue weighted by Crippen LogP contribution is 2.03. The van der Waals surface area contributed by atoms with Crippen molar-refractivity contribution >= 4 is 11.9 Å². The van der Waals surface area contributed by atoms with Crippen LogP contribution < -0.4 is 0 Å². The lowest BCUT2D eigenvalue weighted by Gasteiger charge is -1.94. The van der Waals surface area contributed by atoms with E-state index in [9.17, 15) is 9.59 Å². The van der Waals surface area contributed by atoms with E-state index in [-0.39, 0.29) is 11.1 Å². The fourth-order valence-corrected chi connectivity index (χ4v) is 1.82. The predicted molar refractivity (Wildman–Crippen MR) is 103 cm³/mol. The molecule has 0 bridgehead atoms. The number of hydrogen-bond acceptors (Lipinski definition) is 2. The lowest BCUT2D eigenvalue weighted by atomic mass is 10.1. The van der Waals surface area contributed by atoms with Crippen LogP contribution in [-0.4, -0.2) is 22.2 Å². The minimum Gasteiger partial charge on any atom is -0.478 e. The van der Waals surface area contributed by atoms with Crippen molar-refractivity contribution in [3.63, 3.8) is 0 Å². The van der Waals surface area contributed by atoms with Crippen molar-refractivity contribution in [1.29, 1.82) is 0 Å². The molecular weight excluding hydrogens is 328 g/mol. The largest absolute Gasteiger partial charge is 0.478 e. The van der Waals surface area contributed by atoms with Gasteiger partial charge < -0.3 is 10.2 Å². The fourth-order valence-electron chi connectivity index (χ4n) is 1.82. The molecule has 3 rings (SSSR count). The van der Waals surface area contributed by atoms with Crippen LogP contribution in [0.2, 0.25) is 0 Å². The van der Waals surface area contributed by atoms with Gasteiger partial charge >= 0.3 is 11.9 Å². The maximum Gasteiger partial charge on any atom is 0.335 e. The Morgan fingerprint density at radius 2 is 0.808 bits per heavy atom. The van der Waals surface area contributed by atoms with Gasteiger partial charge in [0.2, 0.25) is 0 Å². The van der Waals surface area contributed by atoms with Crippen molar-refractivity contribution in [3.05, 3.63) is 107 Å². The van der Waals surface area contributed by atoms with Gasteiger partial charge in [-0.15, -0.1) is 0 Å². The molecule has 0 fully saturated rings. The van der Waals surface area contributed by atoms with Gasteiger partial charge in [0.25, 0.3) is 0 Å². The van der Waals surface area contributed by atoms with Gasteiger partial charge in [-0.3, -0.25) is 0 Å². The zero-order valence-electron chi connectivity index (χ0n) is 14.8. The first kappa shape index (κ1) is 20.6. The standard InChI is InChI=1S/C8H6O4.2C7H8/c9-7(10)5-1-2-6(4-3-5)8(11)12;2*1-7-5-3-2-4-6-7/h1-4H,(H,9,10)(H,11,12);2*2-6H,1H3. The number of carboxylic acid groups (broad SMARTS) is 2. The molecule has 26 heavy (non-hydrogen) atoms. The van der Waals surface area contributed by atoms with Crippen LogP contribution in [0.5, 0.6) is 0 Å². The highest BCUT2D eigenvalue weighted by atomic mass is 16.4. The van der Waals surface area contributed by atoms with E-state index < -0.39 is 11.9 Å². The van der Waals surface area contributed by atoms with Gasteiger partial charge in [-0.1, -0.05) is 71.8 Å². The lowest BCUT2D eigenvalue weighted by molar-refractivity contribution is 0.0681. The average Bonchev–Trinajstić information content (AvgIpc) is 2.64. The topological polar surface area (TPSA) is 74.6 Å². The van der Waals surface area contributed by atoms with Crippen LogP contribution in [-0.2, 0) is 0 Å². The first-order chi connectivity index (χ1) is 12.4. The van der Waals surface area contributed by atoms with Crippen LogP contribution in [0.4, 0.5) is 0 Å². The molecule has 0 heterocycles. The monoisotopic (exact) mass is 350 g/mol. The van der Waals surface area contributed by atoms with Crippen molar-refractivity contribution < 1.29 is 19.8 Å². The predicted octanol–water partition coefficient (Wildman–Crippen LogP) is 5.07. The number of rotatable bonds is 2. The van der Waals surface area contributed by atoms with Gasteiger partial charge in [0, 0.05) is 0 Å². The van der Waals surface area contributed by atoms with E-state index in [1.54, 1.807) is 0 Å². The summed E-state index contributed by atoms with van der Waals surface area (Å²) in [6.07, 6.45) is 0. The molecule has 0 saturated carbocycles. The van der Waals surface area contributed by atoms with E-state index in [1.807, 2.05) is 36.4 Å².